The molecule has 1 aromatic heterocycles. The van der Waals surface area contributed by atoms with E-state index in [1.54, 1.807) is 12.1 Å². The number of hydrogen-bond acceptors (Lipinski definition) is 2. The molecular formula is C13H14Cl2N2O. The molecule has 0 saturated heterocycles. The second kappa shape index (κ2) is 5.63. The van der Waals surface area contributed by atoms with E-state index in [1.165, 1.54) is 0 Å². The Hall–Kier alpha value is -1.19. The molecule has 2 rings (SSSR count). The molecule has 2 aromatic rings. The Bertz CT molecular complexity index is 535. The summed E-state index contributed by atoms with van der Waals surface area (Å²) in [6.45, 7) is 5.08. The van der Waals surface area contributed by atoms with Crippen LogP contribution in [0, 0.1) is 6.92 Å². The zero-order valence-corrected chi connectivity index (χ0v) is 11.8. The lowest BCUT2D eigenvalue weighted by Gasteiger charge is -2.08. The van der Waals surface area contributed by atoms with Gasteiger partial charge in [-0.25, -0.2) is 0 Å². The first-order valence-corrected chi connectivity index (χ1v) is 6.47. The maximum absolute atomic E-state index is 6.20. The van der Waals surface area contributed by atoms with Crippen LogP contribution in [0.4, 0.5) is 0 Å². The molecule has 0 bridgehead atoms. The fraction of sp³-hybridized carbons (Fsp3) is 0.308. The van der Waals surface area contributed by atoms with Crippen LogP contribution >= 0.6 is 23.2 Å². The van der Waals surface area contributed by atoms with Gasteiger partial charge in [0.2, 0.25) is 0 Å². The Kier molecular flexibility index (Phi) is 4.15. The monoisotopic (exact) mass is 284 g/mol. The Morgan fingerprint density at radius 1 is 1.22 bits per heavy atom. The van der Waals surface area contributed by atoms with Gasteiger partial charge in [0.15, 0.2) is 0 Å². The molecule has 0 unspecified atom stereocenters. The summed E-state index contributed by atoms with van der Waals surface area (Å²) in [6.07, 6.45) is 0. The van der Waals surface area contributed by atoms with Gasteiger partial charge in [0.1, 0.15) is 12.4 Å². The van der Waals surface area contributed by atoms with Gasteiger partial charge in [0, 0.05) is 11.6 Å². The van der Waals surface area contributed by atoms with Gasteiger partial charge in [-0.1, -0.05) is 23.2 Å². The van der Waals surface area contributed by atoms with Crippen LogP contribution in [-0.4, -0.2) is 9.78 Å². The van der Waals surface area contributed by atoms with E-state index in [1.807, 2.05) is 30.7 Å². The summed E-state index contributed by atoms with van der Waals surface area (Å²) in [7, 11) is 0. The summed E-state index contributed by atoms with van der Waals surface area (Å²) in [5.41, 5.74) is 1.72. The van der Waals surface area contributed by atoms with Crippen molar-refractivity contribution in [1.29, 1.82) is 0 Å². The molecule has 1 heterocycles. The predicted octanol–water partition coefficient (Wildman–Crippen LogP) is 4.10. The molecule has 0 fully saturated rings. The largest absolute Gasteiger partial charge is 0.487 e. The molecule has 1 aromatic carbocycles. The molecule has 0 radical (unpaired) electrons. The summed E-state index contributed by atoms with van der Waals surface area (Å²) in [5, 5.41) is 5.70. The van der Waals surface area contributed by atoms with Crippen LogP contribution in [0.5, 0.6) is 5.75 Å². The van der Waals surface area contributed by atoms with Crippen molar-refractivity contribution in [1.82, 2.24) is 9.78 Å². The zero-order valence-electron chi connectivity index (χ0n) is 10.3. The van der Waals surface area contributed by atoms with Crippen molar-refractivity contribution in [2.75, 3.05) is 0 Å². The summed E-state index contributed by atoms with van der Waals surface area (Å²) in [6, 6.07) is 7.24. The molecule has 0 saturated carbocycles. The maximum atomic E-state index is 6.20. The second-order valence-electron chi connectivity index (χ2n) is 3.90. The average Bonchev–Trinajstić information content (AvgIpc) is 2.65. The number of benzene rings is 1. The lowest BCUT2D eigenvalue weighted by Crippen LogP contribution is -2.06. The van der Waals surface area contributed by atoms with Crippen LogP contribution in [-0.2, 0) is 13.2 Å². The van der Waals surface area contributed by atoms with Gasteiger partial charge in [-0.15, -0.1) is 0 Å². The van der Waals surface area contributed by atoms with Crippen molar-refractivity contribution in [3.8, 4) is 5.75 Å². The molecule has 0 amide bonds. The Morgan fingerprint density at radius 3 is 2.50 bits per heavy atom. The standard InChI is InChI=1S/C13H14Cl2N2O/c1-3-17-12(13(15)9(2)16-17)8-18-11-6-4-10(14)5-7-11/h4-7H,3,8H2,1-2H3. The lowest BCUT2D eigenvalue weighted by molar-refractivity contribution is 0.292. The summed E-state index contributed by atoms with van der Waals surface area (Å²) in [4.78, 5) is 0. The minimum absolute atomic E-state index is 0.398. The molecule has 96 valence electrons. The van der Waals surface area contributed by atoms with Gasteiger partial charge in [-0.2, -0.15) is 5.10 Å². The smallest absolute Gasteiger partial charge is 0.131 e. The van der Waals surface area contributed by atoms with E-state index in [0.717, 1.165) is 23.7 Å². The van der Waals surface area contributed by atoms with Crippen LogP contribution in [0.25, 0.3) is 0 Å². The van der Waals surface area contributed by atoms with E-state index in [9.17, 15) is 0 Å². The minimum atomic E-state index is 0.398. The van der Waals surface area contributed by atoms with Crippen molar-refractivity contribution in [2.24, 2.45) is 0 Å². The Morgan fingerprint density at radius 2 is 1.89 bits per heavy atom. The molecule has 0 aliphatic rings. The maximum Gasteiger partial charge on any atom is 0.131 e. The minimum Gasteiger partial charge on any atom is -0.487 e. The van der Waals surface area contributed by atoms with Crippen molar-refractivity contribution in [2.45, 2.75) is 27.0 Å². The summed E-state index contributed by atoms with van der Waals surface area (Å²) in [5.74, 6) is 0.761. The number of aryl methyl sites for hydroxylation is 2. The molecule has 0 aliphatic carbocycles. The quantitative estimate of drug-likeness (QED) is 0.845. The normalized spacial score (nSPS) is 10.7. The van der Waals surface area contributed by atoms with E-state index in [0.29, 0.717) is 16.7 Å². The topological polar surface area (TPSA) is 27.1 Å². The summed E-state index contributed by atoms with van der Waals surface area (Å²) >= 11 is 12.0. The third kappa shape index (κ3) is 2.79. The van der Waals surface area contributed by atoms with Crippen molar-refractivity contribution < 1.29 is 4.74 Å². The van der Waals surface area contributed by atoms with Gasteiger partial charge >= 0.3 is 0 Å². The van der Waals surface area contributed by atoms with Gasteiger partial charge in [-0.3, -0.25) is 4.68 Å². The van der Waals surface area contributed by atoms with Crippen LogP contribution in [0.2, 0.25) is 10.0 Å². The highest BCUT2D eigenvalue weighted by molar-refractivity contribution is 6.31. The first-order valence-electron chi connectivity index (χ1n) is 5.72. The van der Waals surface area contributed by atoms with Gasteiger partial charge in [-0.05, 0) is 38.1 Å². The van der Waals surface area contributed by atoms with Crippen LogP contribution in [0.1, 0.15) is 18.3 Å². The van der Waals surface area contributed by atoms with Gasteiger partial charge in [0.25, 0.3) is 0 Å². The molecular weight excluding hydrogens is 271 g/mol. The molecule has 0 N–H and O–H groups in total. The highest BCUT2D eigenvalue weighted by atomic mass is 35.5. The van der Waals surface area contributed by atoms with E-state index in [4.69, 9.17) is 27.9 Å². The number of aromatic nitrogens is 2. The molecule has 0 aliphatic heterocycles. The predicted molar refractivity (Wildman–Crippen MR) is 73.4 cm³/mol. The molecule has 3 nitrogen and oxygen atoms in total. The first-order chi connectivity index (χ1) is 8.61. The second-order valence-corrected chi connectivity index (χ2v) is 4.72. The zero-order chi connectivity index (χ0) is 13.1. The van der Waals surface area contributed by atoms with Crippen molar-refractivity contribution in [3.05, 3.63) is 45.7 Å². The van der Waals surface area contributed by atoms with E-state index in [2.05, 4.69) is 5.10 Å². The van der Waals surface area contributed by atoms with Crippen LogP contribution < -0.4 is 4.74 Å². The number of rotatable bonds is 4. The van der Waals surface area contributed by atoms with E-state index in [-0.39, 0.29) is 0 Å². The SMILES string of the molecule is CCn1nc(C)c(Cl)c1COc1ccc(Cl)cc1. The third-order valence-corrected chi connectivity index (χ3v) is 3.39. The van der Waals surface area contributed by atoms with Gasteiger partial charge < -0.3 is 4.74 Å². The van der Waals surface area contributed by atoms with E-state index < -0.39 is 0 Å². The number of halogens is 2. The molecule has 18 heavy (non-hydrogen) atoms. The molecule has 0 spiro atoms. The van der Waals surface area contributed by atoms with Gasteiger partial charge in [0.05, 0.1) is 16.4 Å². The first kappa shape index (κ1) is 13.2. The van der Waals surface area contributed by atoms with Crippen LogP contribution in [0.3, 0.4) is 0 Å². The Balaban J connectivity index is 2.12. The number of hydrogen-bond donors (Lipinski definition) is 0. The van der Waals surface area contributed by atoms with Crippen molar-refractivity contribution in [3.63, 3.8) is 0 Å². The molecule has 0 atom stereocenters. The van der Waals surface area contributed by atoms with Crippen molar-refractivity contribution >= 4 is 23.2 Å². The average molecular weight is 285 g/mol. The third-order valence-electron chi connectivity index (χ3n) is 2.64. The number of ether oxygens (including phenoxy) is 1. The lowest BCUT2D eigenvalue weighted by atomic mass is 10.3. The highest BCUT2D eigenvalue weighted by Gasteiger charge is 2.12. The fourth-order valence-electron chi connectivity index (χ4n) is 1.69. The summed E-state index contributed by atoms with van der Waals surface area (Å²) < 4.78 is 7.53. The molecule has 5 heteroatoms. The van der Waals surface area contributed by atoms with E-state index >= 15 is 0 Å². The van der Waals surface area contributed by atoms with Crippen LogP contribution in [0.15, 0.2) is 24.3 Å². The Labute approximate surface area is 116 Å². The number of nitrogens with zero attached hydrogens (tertiary/aromatic N) is 2. The highest BCUT2D eigenvalue weighted by Crippen LogP contribution is 2.23. The fourth-order valence-corrected chi connectivity index (χ4v) is 2.01.